The lowest BCUT2D eigenvalue weighted by molar-refractivity contribution is -0.253. The lowest BCUT2D eigenvalue weighted by Crippen LogP contribution is -2.49. The summed E-state index contributed by atoms with van der Waals surface area (Å²) in [5.41, 5.74) is 7.52. The zero-order valence-electron chi connectivity index (χ0n) is 30.9. The van der Waals surface area contributed by atoms with Crippen molar-refractivity contribution in [3.05, 3.63) is 131 Å². The van der Waals surface area contributed by atoms with Crippen LogP contribution in [0.15, 0.2) is 103 Å². The third-order valence-corrected chi connectivity index (χ3v) is 10.2. The van der Waals surface area contributed by atoms with Crippen molar-refractivity contribution in [1.82, 2.24) is 20.4 Å². The Kier molecular flexibility index (Phi) is 14.2. The quantitative estimate of drug-likeness (QED) is 0.113. The van der Waals surface area contributed by atoms with E-state index in [1.54, 1.807) is 0 Å². The summed E-state index contributed by atoms with van der Waals surface area (Å²) in [5.74, 6) is 0.0195. The first kappa shape index (κ1) is 38.3. The maximum Gasteiger partial charge on any atom is 0.220 e. The molecule has 53 heavy (non-hydrogen) atoms. The van der Waals surface area contributed by atoms with Gasteiger partial charge in [0.2, 0.25) is 11.8 Å². The van der Waals surface area contributed by atoms with Crippen molar-refractivity contribution in [2.75, 3.05) is 39.3 Å². The van der Waals surface area contributed by atoms with Gasteiger partial charge in [-0.1, -0.05) is 103 Å². The molecule has 4 aromatic rings. The first-order valence-corrected chi connectivity index (χ1v) is 19.1. The van der Waals surface area contributed by atoms with E-state index in [1.807, 2.05) is 24.3 Å². The molecular weight excluding hydrogens is 665 g/mol. The molecule has 3 N–H and O–H groups in total. The minimum absolute atomic E-state index is 0.00671. The van der Waals surface area contributed by atoms with E-state index in [2.05, 4.69) is 99.3 Å². The molecule has 0 spiro atoms. The highest BCUT2D eigenvalue weighted by atomic mass is 16.7. The van der Waals surface area contributed by atoms with Crippen molar-refractivity contribution in [3.63, 3.8) is 0 Å². The zero-order valence-corrected chi connectivity index (χ0v) is 30.9. The van der Waals surface area contributed by atoms with E-state index in [1.165, 1.54) is 12.5 Å². The minimum Gasteiger partial charge on any atom is -0.392 e. The van der Waals surface area contributed by atoms with Crippen molar-refractivity contribution >= 4 is 11.8 Å². The lowest BCUT2D eigenvalue weighted by Gasteiger charge is -2.40. The first-order valence-electron chi connectivity index (χ1n) is 19.1. The highest BCUT2D eigenvalue weighted by Gasteiger charge is 2.34. The molecule has 6 rings (SSSR count). The Labute approximate surface area is 314 Å². The second-order valence-electron chi connectivity index (χ2n) is 14.3. The normalized spacial score (nSPS) is 19.5. The predicted molar refractivity (Wildman–Crippen MR) is 207 cm³/mol. The Morgan fingerprint density at radius 1 is 0.717 bits per heavy atom. The maximum absolute atomic E-state index is 12.4. The molecule has 2 aliphatic heterocycles. The molecule has 3 atom stereocenters. The SMILES string of the molecule is CC(=O)NCCCCCC(=O)NCc1cccc(-c2ccc([C@H]3O[C@@H](CN4CCN(Cc5ccccc5)CC4)C[C@@H](c4ccc(CO)cc4)O3)cc2)c1. The summed E-state index contributed by atoms with van der Waals surface area (Å²) in [6, 6.07) is 35.4. The number of aliphatic hydroxyl groups excluding tert-OH is 1. The molecule has 2 heterocycles. The second kappa shape index (κ2) is 19.6. The van der Waals surface area contributed by atoms with Crippen molar-refractivity contribution in [2.24, 2.45) is 0 Å². The van der Waals surface area contributed by atoms with Crippen LogP contribution in [0.1, 0.15) is 79.2 Å². The first-order chi connectivity index (χ1) is 25.9. The predicted octanol–water partition coefficient (Wildman–Crippen LogP) is 6.52. The van der Waals surface area contributed by atoms with Gasteiger partial charge in [-0.05, 0) is 52.3 Å². The average Bonchev–Trinajstić information content (AvgIpc) is 3.19. The number of carbonyl (C=O) groups excluding carboxylic acids is 2. The van der Waals surface area contributed by atoms with Crippen LogP contribution in [0.3, 0.4) is 0 Å². The molecule has 2 saturated heterocycles. The van der Waals surface area contributed by atoms with Crippen LogP contribution in [0.5, 0.6) is 0 Å². The van der Waals surface area contributed by atoms with E-state index in [0.717, 1.165) is 98.3 Å². The van der Waals surface area contributed by atoms with Gasteiger partial charge in [-0.25, -0.2) is 0 Å². The highest BCUT2D eigenvalue weighted by molar-refractivity contribution is 5.76. The summed E-state index contributed by atoms with van der Waals surface area (Å²) in [5, 5.41) is 15.4. The van der Waals surface area contributed by atoms with Gasteiger partial charge in [-0.15, -0.1) is 0 Å². The molecule has 0 radical (unpaired) electrons. The van der Waals surface area contributed by atoms with Gasteiger partial charge in [-0.3, -0.25) is 19.4 Å². The van der Waals surface area contributed by atoms with Crippen LogP contribution < -0.4 is 10.6 Å². The molecule has 0 aliphatic carbocycles. The molecular formula is C44H54N4O5. The number of ether oxygens (including phenoxy) is 2. The molecule has 280 valence electrons. The number of benzene rings is 4. The molecule has 9 nitrogen and oxygen atoms in total. The van der Waals surface area contributed by atoms with Gasteiger partial charge >= 0.3 is 0 Å². The van der Waals surface area contributed by atoms with Crippen LogP contribution in [-0.4, -0.2) is 72.1 Å². The molecule has 2 aliphatic rings. The molecule has 0 unspecified atom stereocenters. The van der Waals surface area contributed by atoms with E-state index in [4.69, 9.17) is 9.47 Å². The van der Waals surface area contributed by atoms with Gasteiger partial charge in [-0.2, -0.15) is 0 Å². The number of carbonyl (C=O) groups is 2. The number of aliphatic hydroxyl groups is 1. The molecule has 2 fully saturated rings. The monoisotopic (exact) mass is 718 g/mol. The Hall–Kier alpha value is -4.38. The largest absolute Gasteiger partial charge is 0.392 e. The van der Waals surface area contributed by atoms with Crippen LogP contribution in [0.4, 0.5) is 0 Å². The van der Waals surface area contributed by atoms with Crippen molar-refractivity contribution < 1.29 is 24.2 Å². The summed E-state index contributed by atoms with van der Waals surface area (Å²) in [4.78, 5) is 28.5. The summed E-state index contributed by atoms with van der Waals surface area (Å²) in [7, 11) is 0. The van der Waals surface area contributed by atoms with E-state index in [9.17, 15) is 14.7 Å². The van der Waals surface area contributed by atoms with Crippen LogP contribution in [0.25, 0.3) is 11.1 Å². The van der Waals surface area contributed by atoms with E-state index in [-0.39, 0.29) is 30.6 Å². The molecule has 0 bridgehead atoms. The number of amides is 2. The average molecular weight is 719 g/mol. The Bertz CT molecular complexity index is 1730. The van der Waals surface area contributed by atoms with Crippen molar-refractivity contribution in [1.29, 1.82) is 0 Å². The number of unbranched alkanes of at least 4 members (excludes halogenated alkanes) is 2. The third-order valence-electron chi connectivity index (χ3n) is 10.2. The number of nitrogens with zero attached hydrogens (tertiary/aromatic N) is 2. The van der Waals surface area contributed by atoms with Crippen LogP contribution in [0, 0.1) is 0 Å². The van der Waals surface area contributed by atoms with Crippen LogP contribution in [-0.2, 0) is 38.8 Å². The van der Waals surface area contributed by atoms with Crippen molar-refractivity contribution in [3.8, 4) is 11.1 Å². The highest BCUT2D eigenvalue weighted by Crippen LogP contribution is 2.39. The second-order valence-corrected chi connectivity index (χ2v) is 14.3. The van der Waals surface area contributed by atoms with E-state index >= 15 is 0 Å². The van der Waals surface area contributed by atoms with Gasteiger partial charge in [0.25, 0.3) is 0 Å². The smallest absolute Gasteiger partial charge is 0.220 e. The molecule has 2 amide bonds. The van der Waals surface area contributed by atoms with Gasteiger partial charge < -0.3 is 25.2 Å². The van der Waals surface area contributed by atoms with Crippen LogP contribution in [0.2, 0.25) is 0 Å². The van der Waals surface area contributed by atoms with Crippen molar-refractivity contribution in [2.45, 2.75) is 77.2 Å². The Balaban J connectivity index is 1.05. The Morgan fingerprint density at radius 2 is 1.43 bits per heavy atom. The third kappa shape index (κ3) is 11.8. The molecule has 0 saturated carbocycles. The van der Waals surface area contributed by atoms with Gasteiger partial charge in [0, 0.05) is 77.7 Å². The standard InChI is InChI=1S/C44H54N4O5/c1-33(50)45-22-7-3-6-13-43(51)46-29-36-11-8-12-40(27-36)37-18-20-39(21-19-37)44-52-41(28-42(53-44)38-16-14-35(32-49)15-17-38)31-48-25-23-47(24-26-48)30-34-9-4-2-5-10-34/h2,4-5,8-12,14-21,27,41-42,44,49H,3,6-7,13,22-26,28-32H2,1H3,(H,45,50)(H,46,51)/t41-,42+,44+/m1/s1. The fraction of sp³-hybridized carbons (Fsp3) is 0.409. The fourth-order valence-corrected chi connectivity index (χ4v) is 7.13. The maximum atomic E-state index is 12.4. The molecule has 0 aromatic heterocycles. The summed E-state index contributed by atoms with van der Waals surface area (Å²) < 4.78 is 13.3. The summed E-state index contributed by atoms with van der Waals surface area (Å²) in [6.07, 6.45) is 3.20. The van der Waals surface area contributed by atoms with Gasteiger partial charge in [0.05, 0.1) is 18.8 Å². The Morgan fingerprint density at radius 3 is 2.17 bits per heavy atom. The summed E-state index contributed by atoms with van der Waals surface area (Å²) in [6.45, 7) is 8.58. The number of hydrogen-bond acceptors (Lipinski definition) is 7. The number of rotatable bonds is 16. The lowest BCUT2D eigenvalue weighted by atomic mass is 9.98. The zero-order chi connectivity index (χ0) is 36.8. The summed E-state index contributed by atoms with van der Waals surface area (Å²) >= 11 is 0. The van der Waals surface area contributed by atoms with Crippen LogP contribution >= 0.6 is 0 Å². The number of piperazine rings is 1. The fourth-order valence-electron chi connectivity index (χ4n) is 7.13. The minimum atomic E-state index is -0.503. The topological polar surface area (TPSA) is 103 Å². The van der Waals surface area contributed by atoms with E-state index < -0.39 is 6.29 Å². The van der Waals surface area contributed by atoms with Gasteiger partial charge in [0.1, 0.15) is 0 Å². The molecule has 9 heteroatoms. The number of nitrogens with one attached hydrogen (secondary N) is 2. The van der Waals surface area contributed by atoms with Gasteiger partial charge in [0.15, 0.2) is 6.29 Å². The molecule has 4 aromatic carbocycles. The van der Waals surface area contributed by atoms with E-state index in [0.29, 0.717) is 19.5 Å². The number of hydrogen-bond donors (Lipinski definition) is 3.